The molecule has 4 N–H and O–H groups in total. The molecule has 8 atom stereocenters. The van der Waals surface area contributed by atoms with Gasteiger partial charge in [0.25, 0.3) is 0 Å². The molecule has 0 amide bonds. The first-order chi connectivity index (χ1) is 9.95. The van der Waals surface area contributed by atoms with Gasteiger partial charge in [0.2, 0.25) is 0 Å². The van der Waals surface area contributed by atoms with Crippen molar-refractivity contribution in [3.63, 3.8) is 0 Å². The van der Waals surface area contributed by atoms with Crippen molar-refractivity contribution in [2.75, 3.05) is 0 Å². The lowest BCUT2D eigenvalue weighted by Crippen LogP contribution is -2.68. The zero-order chi connectivity index (χ0) is 14.8. The van der Waals surface area contributed by atoms with Crippen molar-refractivity contribution in [3.8, 4) is 0 Å². The van der Waals surface area contributed by atoms with Crippen LogP contribution in [0.5, 0.6) is 0 Å². The summed E-state index contributed by atoms with van der Waals surface area (Å²) in [7, 11) is 0. The van der Waals surface area contributed by atoms with Gasteiger partial charge >= 0.3 is 0 Å². The van der Waals surface area contributed by atoms with E-state index in [0.29, 0.717) is 16.9 Å². The molecule has 4 rings (SSSR count). The molecule has 120 valence electrons. The van der Waals surface area contributed by atoms with Crippen LogP contribution in [0, 0.1) is 34.5 Å². The van der Waals surface area contributed by atoms with Crippen LogP contribution in [0.15, 0.2) is 0 Å². The maximum absolute atomic E-state index is 10.1. The van der Waals surface area contributed by atoms with E-state index in [0.717, 1.165) is 36.5 Å². The van der Waals surface area contributed by atoms with Gasteiger partial charge in [-0.3, -0.25) is 0 Å². The number of rotatable bonds is 0. The van der Waals surface area contributed by atoms with E-state index in [1.807, 2.05) is 0 Å². The molecule has 4 aliphatic carbocycles. The van der Waals surface area contributed by atoms with E-state index in [1.54, 1.807) is 0 Å². The molecule has 2 heteroatoms. The highest BCUT2D eigenvalue weighted by molar-refractivity contribution is 5.09. The lowest BCUT2D eigenvalue weighted by molar-refractivity contribution is -0.445. The molecule has 0 unspecified atom stereocenters. The molecule has 0 aromatic heterocycles. The molecule has 0 radical (unpaired) electrons. The molecule has 0 bridgehead atoms. The second-order valence-corrected chi connectivity index (χ2v) is 9.40. The highest BCUT2D eigenvalue weighted by Gasteiger charge is 2.60. The third kappa shape index (κ3) is 1.91. The van der Waals surface area contributed by atoms with Crippen molar-refractivity contribution in [2.45, 2.75) is 83.8 Å². The molecule has 4 saturated carbocycles. The van der Waals surface area contributed by atoms with Crippen LogP contribution in [0.2, 0.25) is 0 Å². The van der Waals surface area contributed by atoms with Gasteiger partial charge in [0.05, 0.1) is 12.1 Å². The van der Waals surface area contributed by atoms with Crippen molar-refractivity contribution in [1.29, 1.82) is 0 Å². The van der Waals surface area contributed by atoms with E-state index in [-0.39, 0.29) is 6.10 Å². The van der Waals surface area contributed by atoms with Crippen LogP contribution in [0.25, 0.3) is 0 Å². The fraction of sp³-hybridized carbons (Fsp3) is 1.00. The minimum Gasteiger partial charge on any atom is -0.393 e. The number of hydrogen-bond donors (Lipinski definition) is 2. The molecule has 0 aromatic carbocycles. The van der Waals surface area contributed by atoms with Crippen molar-refractivity contribution < 1.29 is 10.8 Å². The zero-order valence-electron chi connectivity index (χ0n) is 14.0. The molecule has 0 spiro atoms. The predicted octanol–water partition coefficient (Wildman–Crippen LogP) is 3.00. The number of fused-ring (bicyclic) bond motifs is 5. The van der Waals surface area contributed by atoms with Gasteiger partial charge in [-0.2, -0.15) is 0 Å². The Balaban J connectivity index is 1.62. The fourth-order valence-electron chi connectivity index (χ4n) is 7.34. The lowest BCUT2D eigenvalue weighted by atomic mass is 9.45. The first-order valence-corrected chi connectivity index (χ1v) is 9.46. The van der Waals surface area contributed by atoms with Gasteiger partial charge in [-0.05, 0) is 80.5 Å². The summed E-state index contributed by atoms with van der Waals surface area (Å²) in [5, 5.41) is 10.1. The third-order valence-electron chi connectivity index (χ3n) is 8.83. The first kappa shape index (κ1) is 14.5. The Labute approximate surface area is 129 Å². The SMILES string of the molecule is C[C@@]12CC[C@H]3[C@@H](CC[C@H]4C[C@@H](O)CC[C@]43C)[C@H]1CC[C@@H]2[NH3+]. The Kier molecular flexibility index (Phi) is 3.25. The van der Waals surface area contributed by atoms with Crippen LogP contribution < -0.4 is 5.73 Å². The summed E-state index contributed by atoms with van der Waals surface area (Å²) < 4.78 is 0. The number of aliphatic hydroxyl groups is 1. The number of quaternary nitrogens is 1. The van der Waals surface area contributed by atoms with Gasteiger partial charge in [0.1, 0.15) is 0 Å². The molecule has 0 saturated heterocycles. The van der Waals surface area contributed by atoms with E-state index in [4.69, 9.17) is 0 Å². The molecule has 0 heterocycles. The summed E-state index contributed by atoms with van der Waals surface area (Å²) in [4.78, 5) is 0. The topological polar surface area (TPSA) is 47.9 Å². The van der Waals surface area contributed by atoms with Crippen LogP contribution in [-0.2, 0) is 0 Å². The summed E-state index contributed by atoms with van der Waals surface area (Å²) in [6.45, 7) is 5.14. The second-order valence-electron chi connectivity index (χ2n) is 9.40. The third-order valence-corrected chi connectivity index (χ3v) is 8.83. The molecule has 0 aliphatic heterocycles. The average Bonchev–Trinajstić information content (AvgIpc) is 2.76. The van der Waals surface area contributed by atoms with Gasteiger partial charge in [-0.1, -0.05) is 13.8 Å². The molecule has 0 aromatic rings. The molecule has 4 fully saturated rings. The van der Waals surface area contributed by atoms with E-state index in [1.165, 1.54) is 44.9 Å². The van der Waals surface area contributed by atoms with Gasteiger partial charge < -0.3 is 10.8 Å². The summed E-state index contributed by atoms with van der Waals surface area (Å²) >= 11 is 0. The average molecular weight is 292 g/mol. The lowest BCUT2D eigenvalue weighted by Gasteiger charge is -2.60. The molecular formula is C19H34NO+. The standard InChI is InChI=1S/C19H33NO/c1-18-9-7-13(21)11-12(18)3-4-14-15-5-6-17(20)19(15,2)10-8-16(14)18/h12-17,21H,3-11,20H2,1-2H3/p+1/t12-,13-,14-,15+,16-,17-,18+,19+/m0/s1. The first-order valence-electron chi connectivity index (χ1n) is 9.46. The smallest absolute Gasteiger partial charge is 0.0900 e. The van der Waals surface area contributed by atoms with E-state index in [9.17, 15) is 5.11 Å². The fourth-order valence-corrected chi connectivity index (χ4v) is 7.34. The normalized spacial score (nSPS) is 60.0. The predicted molar refractivity (Wildman–Crippen MR) is 84.4 cm³/mol. The van der Waals surface area contributed by atoms with Crippen LogP contribution in [0.1, 0.15) is 71.6 Å². The summed E-state index contributed by atoms with van der Waals surface area (Å²) in [6.07, 6.45) is 11.9. The molecular weight excluding hydrogens is 258 g/mol. The van der Waals surface area contributed by atoms with Gasteiger partial charge in [0.15, 0.2) is 0 Å². The highest BCUT2D eigenvalue weighted by Crippen LogP contribution is 2.65. The highest BCUT2D eigenvalue weighted by atomic mass is 16.3. The zero-order valence-corrected chi connectivity index (χ0v) is 14.0. The van der Waals surface area contributed by atoms with Crippen molar-refractivity contribution in [1.82, 2.24) is 0 Å². The van der Waals surface area contributed by atoms with Gasteiger partial charge in [0, 0.05) is 11.8 Å². The van der Waals surface area contributed by atoms with Gasteiger partial charge in [-0.25, -0.2) is 0 Å². The van der Waals surface area contributed by atoms with Crippen molar-refractivity contribution in [3.05, 3.63) is 0 Å². The Morgan fingerprint density at radius 2 is 1.57 bits per heavy atom. The number of aliphatic hydroxyl groups excluding tert-OH is 1. The Bertz CT molecular complexity index is 424. The van der Waals surface area contributed by atoms with E-state index in [2.05, 4.69) is 19.6 Å². The van der Waals surface area contributed by atoms with E-state index < -0.39 is 0 Å². The summed E-state index contributed by atoms with van der Waals surface area (Å²) in [5.41, 5.74) is 5.58. The quantitative estimate of drug-likeness (QED) is 0.708. The Hall–Kier alpha value is -0.0800. The maximum Gasteiger partial charge on any atom is 0.0900 e. The van der Waals surface area contributed by atoms with Crippen molar-refractivity contribution in [2.24, 2.45) is 34.5 Å². The van der Waals surface area contributed by atoms with Gasteiger partial charge in [-0.15, -0.1) is 0 Å². The molecule has 4 aliphatic rings. The largest absolute Gasteiger partial charge is 0.393 e. The second kappa shape index (κ2) is 4.71. The minimum absolute atomic E-state index is 0.0100. The number of hydrogen-bond acceptors (Lipinski definition) is 1. The maximum atomic E-state index is 10.1. The van der Waals surface area contributed by atoms with Crippen LogP contribution in [-0.4, -0.2) is 17.3 Å². The van der Waals surface area contributed by atoms with Crippen LogP contribution in [0.4, 0.5) is 0 Å². The van der Waals surface area contributed by atoms with Crippen LogP contribution in [0.3, 0.4) is 0 Å². The Morgan fingerprint density at radius 1 is 0.857 bits per heavy atom. The molecule has 2 nitrogen and oxygen atoms in total. The van der Waals surface area contributed by atoms with Crippen molar-refractivity contribution >= 4 is 0 Å². The monoisotopic (exact) mass is 292 g/mol. The minimum atomic E-state index is -0.0100. The summed E-state index contributed by atoms with van der Waals surface area (Å²) in [6, 6.07) is 0.696. The Morgan fingerprint density at radius 3 is 2.38 bits per heavy atom. The molecule has 21 heavy (non-hydrogen) atoms. The van der Waals surface area contributed by atoms with Crippen LogP contribution >= 0.6 is 0 Å². The van der Waals surface area contributed by atoms with E-state index >= 15 is 0 Å². The summed E-state index contributed by atoms with van der Waals surface area (Å²) in [5.74, 6) is 3.64.